The number of halogens is 1. The van der Waals surface area contributed by atoms with Crippen molar-refractivity contribution in [2.24, 2.45) is 11.7 Å². The summed E-state index contributed by atoms with van der Waals surface area (Å²) in [6.45, 7) is 0.779. The molecule has 0 bridgehead atoms. The Bertz CT molecular complexity index is 480. The van der Waals surface area contributed by atoms with E-state index in [-0.39, 0.29) is 6.04 Å². The number of hydrogen-bond donors (Lipinski definition) is 1. The van der Waals surface area contributed by atoms with E-state index in [0.29, 0.717) is 5.92 Å². The maximum atomic E-state index is 6.55. The predicted octanol–water partition coefficient (Wildman–Crippen LogP) is 4.51. The zero-order valence-corrected chi connectivity index (χ0v) is 13.5. The molecule has 0 amide bonds. The van der Waals surface area contributed by atoms with Gasteiger partial charge in [-0.1, -0.05) is 43.7 Å². The van der Waals surface area contributed by atoms with Crippen molar-refractivity contribution in [2.75, 3.05) is 6.61 Å². The Morgan fingerprint density at radius 3 is 2.62 bits per heavy atom. The molecule has 1 heterocycles. The van der Waals surface area contributed by atoms with Gasteiger partial charge in [0.1, 0.15) is 5.75 Å². The van der Waals surface area contributed by atoms with Crippen LogP contribution >= 0.6 is 11.6 Å². The number of nitrogens with two attached hydrogens (primary N) is 1. The Balaban J connectivity index is 1.70. The molecule has 1 aliphatic carbocycles. The summed E-state index contributed by atoms with van der Waals surface area (Å²) in [6.07, 6.45) is 11.3. The van der Waals surface area contributed by atoms with Crippen LogP contribution < -0.4 is 10.5 Å². The van der Waals surface area contributed by atoms with Gasteiger partial charge in [-0.25, -0.2) is 0 Å². The molecule has 0 spiro atoms. The molecule has 116 valence electrons. The van der Waals surface area contributed by atoms with Gasteiger partial charge in [0.15, 0.2) is 0 Å². The van der Waals surface area contributed by atoms with E-state index in [9.17, 15) is 0 Å². The molecule has 1 saturated carbocycles. The summed E-state index contributed by atoms with van der Waals surface area (Å²) >= 11 is 6.25. The molecule has 3 heteroatoms. The first-order valence-electron chi connectivity index (χ1n) is 8.44. The Kier molecular flexibility index (Phi) is 5.07. The Hall–Kier alpha value is -0.730. The van der Waals surface area contributed by atoms with Crippen molar-refractivity contribution < 1.29 is 4.74 Å². The summed E-state index contributed by atoms with van der Waals surface area (Å²) in [5.41, 5.74) is 9.01. The normalized spacial score (nSPS) is 21.2. The molecule has 2 nitrogen and oxygen atoms in total. The molecule has 3 rings (SSSR count). The van der Waals surface area contributed by atoms with Crippen LogP contribution in [0.1, 0.15) is 56.1 Å². The molecule has 1 aliphatic heterocycles. The standard InChI is InChI=1S/C18H26ClNO/c19-16-10-14-8-9-21-18(14)15(11-16)12-17(20)13-6-4-2-1-3-5-7-13/h10-11,13,17H,1-9,12,20H2. The van der Waals surface area contributed by atoms with Gasteiger partial charge in [-0.3, -0.25) is 0 Å². The summed E-state index contributed by atoms with van der Waals surface area (Å²) in [5, 5.41) is 0.819. The molecular formula is C18H26ClNO. The van der Waals surface area contributed by atoms with Gasteiger partial charge < -0.3 is 10.5 Å². The minimum absolute atomic E-state index is 0.231. The third-order valence-corrected chi connectivity index (χ3v) is 5.25. The van der Waals surface area contributed by atoms with Crippen molar-refractivity contribution in [1.82, 2.24) is 0 Å². The summed E-state index contributed by atoms with van der Waals surface area (Å²) in [4.78, 5) is 0. The van der Waals surface area contributed by atoms with Crippen LogP contribution in [-0.2, 0) is 12.8 Å². The van der Waals surface area contributed by atoms with Crippen LogP contribution in [0.4, 0.5) is 0 Å². The summed E-state index contributed by atoms with van der Waals surface area (Å²) in [6, 6.07) is 4.32. The Morgan fingerprint density at radius 2 is 1.86 bits per heavy atom. The van der Waals surface area contributed by atoms with E-state index >= 15 is 0 Å². The summed E-state index contributed by atoms with van der Waals surface area (Å²) in [7, 11) is 0. The lowest BCUT2D eigenvalue weighted by atomic mass is 9.83. The van der Waals surface area contributed by atoms with Crippen LogP contribution in [-0.4, -0.2) is 12.6 Å². The molecular weight excluding hydrogens is 282 g/mol. The van der Waals surface area contributed by atoms with E-state index in [1.54, 1.807) is 0 Å². The average Bonchev–Trinajstić information content (AvgIpc) is 2.86. The van der Waals surface area contributed by atoms with Crippen LogP contribution in [0.15, 0.2) is 12.1 Å². The van der Waals surface area contributed by atoms with Crippen molar-refractivity contribution in [1.29, 1.82) is 0 Å². The highest BCUT2D eigenvalue weighted by Gasteiger charge is 2.23. The zero-order valence-electron chi connectivity index (χ0n) is 12.7. The third kappa shape index (κ3) is 3.73. The Labute approximate surface area is 133 Å². The molecule has 0 radical (unpaired) electrons. The minimum Gasteiger partial charge on any atom is -0.493 e. The van der Waals surface area contributed by atoms with E-state index in [2.05, 4.69) is 6.07 Å². The third-order valence-electron chi connectivity index (χ3n) is 5.04. The number of benzene rings is 1. The molecule has 1 aromatic carbocycles. The monoisotopic (exact) mass is 307 g/mol. The lowest BCUT2D eigenvalue weighted by Crippen LogP contribution is -2.33. The van der Waals surface area contributed by atoms with Crippen molar-refractivity contribution in [3.05, 3.63) is 28.3 Å². The van der Waals surface area contributed by atoms with Gasteiger partial charge in [-0.2, -0.15) is 0 Å². The van der Waals surface area contributed by atoms with Crippen LogP contribution in [0.3, 0.4) is 0 Å². The number of ether oxygens (including phenoxy) is 1. The van der Waals surface area contributed by atoms with E-state index in [0.717, 1.165) is 30.2 Å². The second-order valence-electron chi connectivity index (χ2n) is 6.62. The number of fused-ring (bicyclic) bond motifs is 1. The summed E-state index contributed by atoms with van der Waals surface area (Å²) < 4.78 is 5.80. The minimum atomic E-state index is 0.231. The maximum Gasteiger partial charge on any atom is 0.125 e. The molecule has 1 unspecified atom stereocenters. The average molecular weight is 308 g/mol. The molecule has 0 aromatic heterocycles. The molecule has 0 saturated heterocycles. The van der Waals surface area contributed by atoms with Crippen molar-refractivity contribution in [2.45, 2.75) is 63.8 Å². The molecule has 21 heavy (non-hydrogen) atoms. The Morgan fingerprint density at radius 1 is 1.14 bits per heavy atom. The largest absolute Gasteiger partial charge is 0.493 e. The van der Waals surface area contributed by atoms with Gasteiger partial charge in [0.05, 0.1) is 6.61 Å². The maximum absolute atomic E-state index is 6.55. The highest BCUT2D eigenvalue weighted by molar-refractivity contribution is 6.30. The van der Waals surface area contributed by atoms with Gasteiger partial charge >= 0.3 is 0 Å². The second kappa shape index (κ2) is 7.02. The molecule has 1 fully saturated rings. The van der Waals surface area contributed by atoms with Gasteiger partial charge in [-0.15, -0.1) is 0 Å². The van der Waals surface area contributed by atoms with Gasteiger partial charge in [-0.05, 0) is 48.4 Å². The quantitative estimate of drug-likeness (QED) is 0.892. The first kappa shape index (κ1) is 15.2. The highest BCUT2D eigenvalue weighted by Crippen LogP contribution is 2.35. The van der Waals surface area contributed by atoms with Crippen LogP contribution in [0, 0.1) is 5.92 Å². The fraction of sp³-hybridized carbons (Fsp3) is 0.667. The summed E-state index contributed by atoms with van der Waals surface area (Å²) in [5.74, 6) is 1.71. The molecule has 2 N–H and O–H groups in total. The van der Waals surface area contributed by atoms with Crippen LogP contribution in [0.2, 0.25) is 5.02 Å². The predicted molar refractivity (Wildman–Crippen MR) is 88.1 cm³/mol. The second-order valence-corrected chi connectivity index (χ2v) is 7.06. The lowest BCUT2D eigenvalue weighted by molar-refractivity contribution is 0.316. The topological polar surface area (TPSA) is 35.2 Å². The molecule has 1 aromatic rings. The number of rotatable bonds is 3. The van der Waals surface area contributed by atoms with Crippen molar-refractivity contribution in [3.63, 3.8) is 0 Å². The number of hydrogen-bond acceptors (Lipinski definition) is 2. The fourth-order valence-corrected chi connectivity index (χ4v) is 4.10. The van der Waals surface area contributed by atoms with Crippen LogP contribution in [0.25, 0.3) is 0 Å². The van der Waals surface area contributed by atoms with Crippen LogP contribution in [0.5, 0.6) is 5.75 Å². The van der Waals surface area contributed by atoms with Gasteiger partial charge in [0, 0.05) is 17.5 Å². The van der Waals surface area contributed by atoms with Crippen molar-refractivity contribution >= 4 is 11.6 Å². The lowest BCUT2D eigenvalue weighted by Gasteiger charge is -2.26. The molecule has 2 aliphatic rings. The van der Waals surface area contributed by atoms with Gasteiger partial charge in [0.25, 0.3) is 0 Å². The SMILES string of the molecule is NC(Cc1cc(Cl)cc2c1OCC2)C1CCCCCCC1. The first-order chi connectivity index (χ1) is 10.2. The zero-order chi connectivity index (χ0) is 14.7. The smallest absolute Gasteiger partial charge is 0.125 e. The van der Waals surface area contributed by atoms with Gasteiger partial charge in [0.2, 0.25) is 0 Å². The van der Waals surface area contributed by atoms with E-state index < -0.39 is 0 Å². The molecule has 1 atom stereocenters. The highest BCUT2D eigenvalue weighted by atomic mass is 35.5. The first-order valence-corrected chi connectivity index (χ1v) is 8.81. The van der Waals surface area contributed by atoms with E-state index in [4.69, 9.17) is 22.1 Å². The van der Waals surface area contributed by atoms with E-state index in [1.807, 2.05) is 6.07 Å². The fourth-order valence-electron chi connectivity index (χ4n) is 3.83. The van der Waals surface area contributed by atoms with E-state index in [1.165, 1.54) is 56.1 Å². The van der Waals surface area contributed by atoms with Crippen molar-refractivity contribution in [3.8, 4) is 5.75 Å².